The Morgan fingerprint density at radius 2 is 1.84 bits per heavy atom. The maximum atomic E-state index is 14.7. The summed E-state index contributed by atoms with van der Waals surface area (Å²) in [5, 5.41) is 15.4. The van der Waals surface area contributed by atoms with Crippen molar-refractivity contribution in [3.63, 3.8) is 0 Å². The lowest BCUT2D eigenvalue weighted by molar-refractivity contribution is -0.164. The van der Waals surface area contributed by atoms with Gasteiger partial charge in [-0.15, -0.1) is 6.58 Å². The van der Waals surface area contributed by atoms with Gasteiger partial charge in [0.05, 0.1) is 41.7 Å². The average molecular weight is 617 g/mol. The molecule has 10 heteroatoms. The molecule has 2 aromatic carbocycles. The molecule has 0 bridgehead atoms. The van der Waals surface area contributed by atoms with Crippen molar-refractivity contribution in [1.82, 2.24) is 14.6 Å². The molecule has 9 nitrogen and oxygen atoms in total. The van der Waals surface area contributed by atoms with Crippen LogP contribution in [0.2, 0.25) is 0 Å². The van der Waals surface area contributed by atoms with Crippen molar-refractivity contribution in [2.75, 3.05) is 31.7 Å². The second-order valence-corrected chi connectivity index (χ2v) is 12.6. The van der Waals surface area contributed by atoms with E-state index in [-0.39, 0.29) is 16.9 Å². The van der Waals surface area contributed by atoms with Crippen LogP contribution in [0, 0.1) is 12.7 Å². The molecule has 1 atom stereocenters. The van der Waals surface area contributed by atoms with Crippen LogP contribution in [0.25, 0.3) is 28.0 Å². The number of phenols is 1. The number of fused-ring (bicyclic) bond motifs is 1. The van der Waals surface area contributed by atoms with Gasteiger partial charge in [0.1, 0.15) is 17.4 Å². The van der Waals surface area contributed by atoms with Crippen LogP contribution >= 0.6 is 0 Å². The molecule has 2 aromatic heterocycles. The molecule has 45 heavy (non-hydrogen) atoms. The highest BCUT2D eigenvalue weighted by molar-refractivity contribution is 5.81. The van der Waals surface area contributed by atoms with Crippen molar-refractivity contribution in [2.45, 2.75) is 64.8 Å². The Morgan fingerprint density at radius 1 is 1.16 bits per heavy atom. The lowest BCUT2D eigenvalue weighted by Gasteiger charge is -2.41. The van der Waals surface area contributed by atoms with Crippen molar-refractivity contribution in [3.8, 4) is 28.1 Å². The maximum Gasteiger partial charge on any atom is 0.339 e. The number of carbonyl (C=O) groups is 1. The third-order valence-corrected chi connectivity index (χ3v) is 8.06. The van der Waals surface area contributed by atoms with Gasteiger partial charge in [0.2, 0.25) is 0 Å². The van der Waals surface area contributed by atoms with Gasteiger partial charge >= 0.3 is 5.97 Å². The molecule has 0 aliphatic carbocycles. The number of ether oxygens (including phenoxy) is 3. The van der Waals surface area contributed by atoms with Crippen molar-refractivity contribution in [1.29, 1.82) is 0 Å². The first kappa shape index (κ1) is 32.1. The molecule has 1 aliphatic rings. The molecule has 0 radical (unpaired) electrons. The van der Waals surface area contributed by atoms with Gasteiger partial charge in [0, 0.05) is 30.4 Å². The number of aryl methyl sites for hydroxylation is 1. The number of piperidine rings is 1. The Bertz CT molecular complexity index is 1700. The first-order valence-corrected chi connectivity index (χ1v) is 15.1. The monoisotopic (exact) mass is 616 g/mol. The summed E-state index contributed by atoms with van der Waals surface area (Å²) < 4.78 is 34.2. The largest absolute Gasteiger partial charge is 0.507 e. The van der Waals surface area contributed by atoms with Gasteiger partial charge in [-0.3, -0.25) is 0 Å². The second kappa shape index (κ2) is 12.6. The van der Waals surface area contributed by atoms with Crippen LogP contribution in [-0.4, -0.2) is 63.7 Å². The number of hydrogen-bond acceptors (Lipinski definition) is 8. The standard InChI is InChI=1S/C35H41FN4O5/c1-8-19-44-35(6)15-17-39(18-16-35)32-29(31(33(42)43-7)45-34(3,4)5)22(2)37-28-21-26(38-40(28)32)23-11-9-12-24(20-23)30-25(36)13-10-14-27(30)41/h8-14,20-21,31,41H,1,15-19H2,2-7H3. The molecular weight excluding hydrogens is 575 g/mol. The number of halogens is 1. The normalized spacial score (nSPS) is 15.7. The summed E-state index contributed by atoms with van der Waals surface area (Å²) in [7, 11) is 1.35. The number of benzene rings is 2. The van der Waals surface area contributed by atoms with Crippen molar-refractivity contribution < 1.29 is 28.5 Å². The highest BCUT2D eigenvalue weighted by atomic mass is 19.1. The van der Waals surface area contributed by atoms with Crippen LogP contribution in [0.1, 0.15) is 57.9 Å². The Hall–Kier alpha value is -4.28. The molecule has 0 saturated carbocycles. The SMILES string of the molecule is C=CCOC1(C)CCN(c2c(C(OC(C)(C)C)C(=O)OC)c(C)nc3cc(-c4cccc(-c5c(O)cccc5F)c4)nn23)CC1. The summed E-state index contributed by atoms with van der Waals surface area (Å²) in [6.07, 6.45) is 2.19. The van der Waals surface area contributed by atoms with E-state index in [1.165, 1.54) is 25.3 Å². The minimum atomic E-state index is -1.05. The fraction of sp³-hybridized carbons (Fsp3) is 0.400. The third kappa shape index (κ3) is 6.72. The number of anilines is 1. The third-order valence-electron chi connectivity index (χ3n) is 8.06. The number of esters is 1. The molecule has 1 saturated heterocycles. The summed E-state index contributed by atoms with van der Waals surface area (Å²) in [4.78, 5) is 20.4. The number of nitrogens with zero attached hydrogens (tertiary/aromatic N) is 4. The van der Waals surface area contributed by atoms with Crippen LogP contribution in [0.3, 0.4) is 0 Å². The molecule has 5 rings (SSSR count). The molecule has 1 aliphatic heterocycles. The van der Waals surface area contributed by atoms with Gasteiger partial charge in [0.25, 0.3) is 0 Å². The van der Waals surface area contributed by atoms with Gasteiger partial charge in [-0.2, -0.15) is 9.61 Å². The van der Waals surface area contributed by atoms with Crippen molar-refractivity contribution in [3.05, 3.63) is 78.3 Å². The second-order valence-electron chi connectivity index (χ2n) is 12.6. The molecule has 0 spiro atoms. The maximum absolute atomic E-state index is 14.7. The van der Waals surface area contributed by atoms with Gasteiger partial charge < -0.3 is 24.2 Å². The fourth-order valence-electron chi connectivity index (χ4n) is 5.78. The fourth-order valence-corrected chi connectivity index (χ4v) is 5.78. The van der Waals surface area contributed by atoms with E-state index in [9.17, 15) is 14.3 Å². The first-order chi connectivity index (χ1) is 21.3. The Labute approximate surface area is 263 Å². The van der Waals surface area contributed by atoms with E-state index in [0.717, 1.165) is 12.8 Å². The van der Waals surface area contributed by atoms with E-state index in [2.05, 4.69) is 18.4 Å². The van der Waals surface area contributed by atoms with Crippen LogP contribution in [0.5, 0.6) is 5.75 Å². The lowest BCUT2D eigenvalue weighted by atomic mass is 9.92. The van der Waals surface area contributed by atoms with Crippen molar-refractivity contribution >= 4 is 17.4 Å². The van der Waals surface area contributed by atoms with Gasteiger partial charge in [-0.1, -0.05) is 30.3 Å². The lowest BCUT2D eigenvalue weighted by Crippen LogP contribution is -2.45. The first-order valence-electron chi connectivity index (χ1n) is 15.1. The highest BCUT2D eigenvalue weighted by Gasteiger charge is 2.38. The van der Waals surface area contributed by atoms with Gasteiger partial charge in [0.15, 0.2) is 11.8 Å². The van der Waals surface area contributed by atoms with Gasteiger partial charge in [-0.25, -0.2) is 14.2 Å². The molecule has 1 fully saturated rings. The molecule has 238 valence electrons. The number of methoxy groups -OCH3 is 1. The van der Waals surface area contributed by atoms with E-state index in [0.29, 0.717) is 59.2 Å². The predicted molar refractivity (Wildman–Crippen MR) is 172 cm³/mol. The molecule has 3 heterocycles. The van der Waals surface area contributed by atoms with Crippen LogP contribution in [0.15, 0.2) is 61.2 Å². The zero-order valence-electron chi connectivity index (χ0n) is 26.8. The summed E-state index contributed by atoms with van der Waals surface area (Å²) in [5.74, 6) is -0.505. The smallest absolute Gasteiger partial charge is 0.339 e. The van der Waals surface area contributed by atoms with Crippen molar-refractivity contribution in [2.24, 2.45) is 0 Å². The molecule has 4 aromatic rings. The molecule has 0 amide bonds. The number of aromatic nitrogens is 3. The Morgan fingerprint density at radius 3 is 2.49 bits per heavy atom. The Balaban J connectivity index is 1.67. The van der Waals surface area contributed by atoms with E-state index < -0.39 is 23.5 Å². The number of phenolic OH excluding ortho intramolecular Hbond substituents is 1. The quantitative estimate of drug-likeness (QED) is 0.162. The van der Waals surface area contributed by atoms with Crippen LogP contribution in [0.4, 0.5) is 10.2 Å². The zero-order valence-corrected chi connectivity index (χ0v) is 26.8. The average Bonchev–Trinajstić information content (AvgIpc) is 3.42. The minimum absolute atomic E-state index is 0.121. The summed E-state index contributed by atoms with van der Waals surface area (Å²) >= 11 is 0. The van der Waals surface area contributed by atoms with E-state index >= 15 is 0 Å². The van der Waals surface area contributed by atoms with E-state index in [1.807, 2.05) is 39.8 Å². The predicted octanol–water partition coefficient (Wildman–Crippen LogP) is 6.81. The number of aromatic hydroxyl groups is 1. The van der Waals surface area contributed by atoms with Crippen LogP contribution in [-0.2, 0) is 19.0 Å². The topological polar surface area (TPSA) is 98.4 Å². The Kier molecular flexibility index (Phi) is 9.00. The molecule has 1 N–H and O–H groups in total. The number of hydrogen-bond donors (Lipinski definition) is 1. The number of rotatable bonds is 9. The zero-order chi connectivity index (χ0) is 32.5. The summed E-state index contributed by atoms with van der Waals surface area (Å²) in [6.45, 7) is 15.2. The minimum Gasteiger partial charge on any atom is -0.507 e. The molecular formula is C35H41FN4O5. The van der Waals surface area contributed by atoms with Crippen LogP contribution < -0.4 is 4.90 Å². The van der Waals surface area contributed by atoms with Gasteiger partial charge in [-0.05, 0) is 71.2 Å². The van der Waals surface area contributed by atoms with E-state index in [4.69, 9.17) is 24.3 Å². The van der Waals surface area contributed by atoms with E-state index in [1.54, 1.807) is 28.8 Å². The highest BCUT2D eigenvalue weighted by Crippen LogP contribution is 2.39. The summed E-state index contributed by atoms with van der Waals surface area (Å²) in [6, 6.07) is 13.3. The summed E-state index contributed by atoms with van der Waals surface area (Å²) in [5.41, 5.74) is 2.75. The molecule has 1 unspecified atom stereocenters. The number of carbonyl (C=O) groups excluding carboxylic acids is 1.